The van der Waals surface area contributed by atoms with Crippen molar-refractivity contribution in [3.63, 3.8) is 0 Å². The number of alkyl halides is 1. The lowest BCUT2D eigenvalue weighted by Crippen LogP contribution is -2.18. The standard InChI is InChI=1S/C18H25Cl/c1-10-7-11(2)13(4)17(12(10)3)18(19)16-9-14-5-6-15(16)8-14/h7,14-16,18H,5-6,8-9H2,1-4H3. The second kappa shape index (κ2) is 4.81. The highest BCUT2D eigenvalue weighted by molar-refractivity contribution is 6.21. The van der Waals surface area contributed by atoms with Crippen molar-refractivity contribution in [2.75, 3.05) is 0 Å². The van der Waals surface area contributed by atoms with Crippen LogP contribution in [-0.2, 0) is 0 Å². The highest BCUT2D eigenvalue weighted by atomic mass is 35.5. The zero-order valence-corrected chi connectivity index (χ0v) is 13.3. The molecule has 4 atom stereocenters. The number of halogens is 1. The Balaban J connectivity index is 1.98. The van der Waals surface area contributed by atoms with Crippen LogP contribution < -0.4 is 0 Å². The maximum atomic E-state index is 6.96. The van der Waals surface area contributed by atoms with Crippen molar-refractivity contribution in [2.45, 2.75) is 58.8 Å². The molecule has 2 fully saturated rings. The van der Waals surface area contributed by atoms with Crippen LogP contribution >= 0.6 is 11.6 Å². The van der Waals surface area contributed by atoms with Crippen LogP contribution in [0.25, 0.3) is 0 Å². The van der Waals surface area contributed by atoms with Gasteiger partial charge >= 0.3 is 0 Å². The van der Waals surface area contributed by atoms with Crippen LogP contribution in [0.1, 0.15) is 58.9 Å². The van der Waals surface area contributed by atoms with Crippen LogP contribution in [0, 0.1) is 45.4 Å². The van der Waals surface area contributed by atoms with Crippen LogP contribution in [-0.4, -0.2) is 0 Å². The summed E-state index contributed by atoms with van der Waals surface area (Å²) < 4.78 is 0. The Morgan fingerprint density at radius 1 is 1.00 bits per heavy atom. The van der Waals surface area contributed by atoms with Gasteiger partial charge in [-0.1, -0.05) is 12.5 Å². The molecule has 19 heavy (non-hydrogen) atoms. The highest BCUT2D eigenvalue weighted by Crippen LogP contribution is 2.55. The van der Waals surface area contributed by atoms with Gasteiger partial charge in [-0.3, -0.25) is 0 Å². The van der Waals surface area contributed by atoms with E-state index >= 15 is 0 Å². The van der Waals surface area contributed by atoms with Gasteiger partial charge in [0.1, 0.15) is 0 Å². The third-order valence-electron chi connectivity index (χ3n) is 5.87. The zero-order valence-electron chi connectivity index (χ0n) is 12.6. The second-order valence-corrected chi connectivity index (χ2v) is 7.38. The quantitative estimate of drug-likeness (QED) is 0.614. The number of fused-ring (bicyclic) bond motifs is 2. The summed E-state index contributed by atoms with van der Waals surface area (Å²) in [6, 6.07) is 2.30. The Kier molecular flexibility index (Phi) is 3.41. The predicted molar refractivity (Wildman–Crippen MR) is 82.9 cm³/mol. The molecule has 2 bridgehead atoms. The first-order valence-corrected chi connectivity index (χ1v) is 8.14. The van der Waals surface area contributed by atoms with Crippen LogP contribution in [0.5, 0.6) is 0 Å². The second-order valence-electron chi connectivity index (χ2n) is 6.91. The smallest absolute Gasteiger partial charge is 0.0621 e. The lowest BCUT2D eigenvalue weighted by Gasteiger charge is -2.29. The third kappa shape index (κ3) is 2.13. The SMILES string of the molecule is Cc1cc(C)c(C)c(C(Cl)C2CC3CCC2C3)c1C. The normalized spacial score (nSPS) is 30.9. The first-order valence-electron chi connectivity index (χ1n) is 7.70. The van der Waals surface area contributed by atoms with Gasteiger partial charge in [0.15, 0.2) is 0 Å². The van der Waals surface area contributed by atoms with Gasteiger partial charge in [0, 0.05) is 0 Å². The summed E-state index contributed by atoms with van der Waals surface area (Å²) in [5.74, 6) is 2.59. The molecule has 0 aliphatic heterocycles. The minimum absolute atomic E-state index is 0.230. The van der Waals surface area contributed by atoms with E-state index in [1.807, 2.05) is 0 Å². The van der Waals surface area contributed by atoms with Gasteiger partial charge in [-0.05, 0) is 92.5 Å². The first-order chi connectivity index (χ1) is 8.99. The molecule has 1 aromatic carbocycles. The fourth-order valence-corrected chi connectivity index (χ4v) is 5.16. The van der Waals surface area contributed by atoms with E-state index < -0.39 is 0 Å². The summed E-state index contributed by atoms with van der Waals surface area (Å²) in [6.07, 6.45) is 5.68. The van der Waals surface area contributed by atoms with Gasteiger partial charge in [0.2, 0.25) is 0 Å². The molecular weight excluding hydrogens is 252 g/mol. The van der Waals surface area contributed by atoms with E-state index in [4.69, 9.17) is 11.6 Å². The van der Waals surface area contributed by atoms with Gasteiger partial charge in [0.25, 0.3) is 0 Å². The Labute approximate surface area is 122 Å². The number of benzene rings is 1. The lowest BCUT2D eigenvalue weighted by atomic mass is 9.80. The van der Waals surface area contributed by atoms with Gasteiger partial charge in [-0.2, -0.15) is 0 Å². The number of hydrogen-bond acceptors (Lipinski definition) is 0. The minimum atomic E-state index is 0.230. The van der Waals surface area contributed by atoms with Crippen molar-refractivity contribution in [3.8, 4) is 0 Å². The third-order valence-corrected chi connectivity index (χ3v) is 6.41. The molecule has 1 heteroatoms. The van der Waals surface area contributed by atoms with E-state index in [2.05, 4.69) is 33.8 Å². The summed E-state index contributed by atoms with van der Waals surface area (Å²) in [7, 11) is 0. The van der Waals surface area contributed by atoms with E-state index in [-0.39, 0.29) is 5.38 Å². The first kappa shape index (κ1) is 13.5. The Bertz CT molecular complexity index is 477. The van der Waals surface area contributed by atoms with E-state index in [1.54, 1.807) is 0 Å². The van der Waals surface area contributed by atoms with E-state index in [0.717, 1.165) is 17.8 Å². The van der Waals surface area contributed by atoms with Gasteiger partial charge in [-0.15, -0.1) is 11.6 Å². The van der Waals surface area contributed by atoms with Gasteiger partial charge in [-0.25, -0.2) is 0 Å². The largest absolute Gasteiger partial charge is 0.117 e. The summed E-state index contributed by atoms with van der Waals surface area (Å²) in [5.41, 5.74) is 7.08. The summed E-state index contributed by atoms with van der Waals surface area (Å²) in [6.45, 7) is 8.94. The van der Waals surface area contributed by atoms with E-state index in [1.165, 1.54) is 53.5 Å². The lowest BCUT2D eigenvalue weighted by molar-refractivity contribution is 0.322. The maximum absolute atomic E-state index is 6.96. The van der Waals surface area contributed by atoms with Crippen LogP contribution in [0.15, 0.2) is 6.07 Å². The van der Waals surface area contributed by atoms with Crippen LogP contribution in [0.2, 0.25) is 0 Å². The van der Waals surface area contributed by atoms with Gasteiger partial charge in [0.05, 0.1) is 5.38 Å². The Morgan fingerprint density at radius 3 is 2.11 bits per heavy atom. The molecule has 2 aliphatic carbocycles. The van der Waals surface area contributed by atoms with Crippen molar-refractivity contribution in [1.82, 2.24) is 0 Å². The number of hydrogen-bond donors (Lipinski definition) is 0. The van der Waals surface area contributed by atoms with Crippen LogP contribution in [0.3, 0.4) is 0 Å². The van der Waals surface area contributed by atoms with Gasteiger partial charge < -0.3 is 0 Å². The summed E-state index contributed by atoms with van der Waals surface area (Å²) in [4.78, 5) is 0. The zero-order chi connectivity index (χ0) is 13.7. The van der Waals surface area contributed by atoms with Crippen molar-refractivity contribution >= 4 is 11.6 Å². The molecule has 0 saturated heterocycles. The van der Waals surface area contributed by atoms with Crippen molar-refractivity contribution < 1.29 is 0 Å². The molecule has 4 unspecified atom stereocenters. The Morgan fingerprint density at radius 2 is 1.63 bits per heavy atom. The summed E-state index contributed by atoms with van der Waals surface area (Å²) in [5, 5.41) is 0.230. The van der Waals surface area contributed by atoms with E-state index in [9.17, 15) is 0 Å². The maximum Gasteiger partial charge on any atom is 0.0621 e. The fraction of sp³-hybridized carbons (Fsp3) is 0.667. The molecule has 0 radical (unpaired) electrons. The molecule has 0 heterocycles. The van der Waals surface area contributed by atoms with E-state index in [0.29, 0.717) is 0 Å². The van der Waals surface area contributed by atoms with Crippen LogP contribution in [0.4, 0.5) is 0 Å². The minimum Gasteiger partial charge on any atom is -0.117 e. The average molecular weight is 277 g/mol. The molecule has 0 aromatic heterocycles. The number of rotatable bonds is 2. The number of aryl methyl sites for hydroxylation is 2. The molecule has 1 aromatic rings. The molecule has 0 nitrogen and oxygen atoms in total. The highest BCUT2D eigenvalue weighted by Gasteiger charge is 2.43. The topological polar surface area (TPSA) is 0 Å². The average Bonchev–Trinajstić information content (AvgIpc) is 2.98. The molecular formula is C18H25Cl. The molecule has 2 saturated carbocycles. The Hall–Kier alpha value is -0.490. The summed E-state index contributed by atoms with van der Waals surface area (Å²) >= 11 is 6.96. The predicted octanol–water partition coefficient (Wildman–Crippen LogP) is 5.64. The molecule has 3 rings (SSSR count). The van der Waals surface area contributed by atoms with Crippen molar-refractivity contribution in [3.05, 3.63) is 33.9 Å². The molecule has 0 N–H and O–H groups in total. The fourth-order valence-electron chi connectivity index (χ4n) is 4.53. The van der Waals surface area contributed by atoms with Crippen molar-refractivity contribution in [2.24, 2.45) is 17.8 Å². The van der Waals surface area contributed by atoms with Crippen molar-refractivity contribution in [1.29, 1.82) is 0 Å². The molecule has 0 amide bonds. The molecule has 0 spiro atoms. The molecule has 2 aliphatic rings. The monoisotopic (exact) mass is 276 g/mol. The molecule has 104 valence electrons.